The molecule has 0 saturated carbocycles. The van der Waals surface area contributed by atoms with E-state index < -0.39 is 23.7 Å². The summed E-state index contributed by atoms with van der Waals surface area (Å²) in [6.07, 6.45) is 1.58. The SMILES string of the molecule is CC1C(=O)C(=O)N(c2ccc3nc[nH]c3c2)C1c1ccc2cccc(O)c2n1. The van der Waals surface area contributed by atoms with Crippen molar-refractivity contribution >= 4 is 39.3 Å². The lowest BCUT2D eigenvalue weighted by Gasteiger charge is -2.26. The second kappa shape index (κ2) is 5.88. The number of para-hydroxylation sites is 1. The predicted octanol–water partition coefficient (Wildman–Crippen LogP) is 3.11. The lowest BCUT2D eigenvalue weighted by Crippen LogP contribution is -2.30. The fourth-order valence-corrected chi connectivity index (χ4v) is 3.86. The second-order valence-corrected chi connectivity index (χ2v) is 6.96. The Morgan fingerprint density at radius 2 is 1.96 bits per heavy atom. The molecule has 7 nitrogen and oxygen atoms in total. The summed E-state index contributed by atoms with van der Waals surface area (Å²) in [4.78, 5) is 38.6. The number of Topliss-reactive ketones (excluding diaryl/α,β-unsaturated/α-hetero) is 1. The number of aromatic hydroxyl groups is 1. The van der Waals surface area contributed by atoms with E-state index in [9.17, 15) is 14.7 Å². The van der Waals surface area contributed by atoms with Gasteiger partial charge in [0.15, 0.2) is 0 Å². The molecule has 0 spiro atoms. The molecule has 0 aliphatic carbocycles. The van der Waals surface area contributed by atoms with Gasteiger partial charge in [0.2, 0.25) is 5.78 Å². The van der Waals surface area contributed by atoms with Crippen molar-refractivity contribution in [1.82, 2.24) is 15.0 Å². The smallest absolute Gasteiger partial charge is 0.295 e. The number of phenols is 1. The highest BCUT2D eigenvalue weighted by atomic mass is 16.3. The first-order valence-corrected chi connectivity index (χ1v) is 8.94. The van der Waals surface area contributed by atoms with E-state index in [0.29, 0.717) is 16.9 Å². The maximum Gasteiger partial charge on any atom is 0.295 e. The highest BCUT2D eigenvalue weighted by Gasteiger charge is 2.47. The van der Waals surface area contributed by atoms with Gasteiger partial charge in [-0.25, -0.2) is 9.97 Å². The number of hydrogen-bond donors (Lipinski definition) is 2. The van der Waals surface area contributed by atoms with Gasteiger partial charge in [-0.3, -0.25) is 14.5 Å². The van der Waals surface area contributed by atoms with Gasteiger partial charge in [-0.15, -0.1) is 0 Å². The Morgan fingerprint density at radius 1 is 1.11 bits per heavy atom. The lowest BCUT2D eigenvalue weighted by atomic mass is 9.97. The van der Waals surface area contributed by atoms with Crippen LogP contribution in [0.15, 0.2) is 54.9 Å². The number of rotatable bonds is 2. The third kappa shape index (κ3) is 2.29. The summed E-state index contributed by atoms with van der Waals surface area (Å²) in [5.74, 6) is -1.50. The number of aromatic nitrogens is 3. The molecule has 7 heteroatoms. The van der Waals surface area contributed by atoms with Crippen LogP contribution in [0.4, 0.5) is 5.69 Å². The number of anilines is 1. The van der Waals surface area contributed by atoms with Crippen molar-refractivity contribution in [2.75, 3.05) is 4.90 Å². The standard InChI is InChI=1S/C21H16N4O3/c1-11-19(15-7-5-12-3-2-4-17(26)18(12)24-15)25(21(28)20(11)27)13-6-8-14-16(9-13)23-10-22-14/h2-11,19,26H,1H3,(H,22,23). The van der Waals surface area contributed by atoms with E-state index in [2.05, 4.69) is 15.0 Å². The maximum atomic E-state index is 12.8. The number of benzene rings is 2. The number of aromatic amines is 1. The van der Waals surface area contributed by atoms with Gasteiger partial charge in [-0.1, -0.05) is 25.1 Å². The van der Waals surface area contributed by atoms with E-state index in [1.54, 1.807) is 49.6 Å². The molecule has 1 saturated heterocycles. The molecule has 2 atom stereocenters. The monoisotopic (exact) mass is 372 g/mol. The number of hydrogen-bond acceptors (Lipinski definition) is 5. The zero-order chi connectivity index (χ0) is 19.4. The number of fused-ring (bicyclic) bond motifs is 2. The molecule has 2 unspecified atom stereocenters. The zero-order valence-corrected chi connectivity index (χ0v) is 15.0. The minimum Gasteiger partial charge on any atom is -0.506 e. The number of amides is 1. The molecule has 28 heavy (non-hydrogen) atoms. The highest BCUT2D eigenvalue weighted by Crippen LogP contribution is 2.40. The van der Waals surface area contributed by atoms with Crippen LogP contribution in [-0.2, 0) is 9.59 Å². The molecule has 0 radical (unpaired) electrons. The number of H-pyrrole nitrogens is 1. The van der Waals surface area contributed by atoms with Crippen LogP contribution in [0.25, 0.3) is 21.9 Å². The van der Waals surface area contributed by atoms with Crippen LogP contribution < -0.4 is 4.90 Å². The number of pyridine rings is 1. The Bertz CT molecular complexity index is 1260. The Labute approximate surface area is 159 Å². The van der Waals surface area contributed by atoms with E-state index in [1.165, 1.54) is 4.90 Å². The number of carbonyl (C=O) groups is 2. The van der Waals surface area contributed by atoms with E-state index in [1.807, 2.05) is 12.1 Å². The van der Waals surface area contributed by atoms with E-state index in [4.69, 9.17) is 0 Å². The fourth-order valence-electron chi connectivity index (χ4n) is 3.86. The van der Waals surface area contributed by atoms with Crippen LogP contribution in [-0.4, -0.2) is 31.7 Å². The average molecular weight is 372 g/mol. The number of nitrogens with zero attached hydrogens (tertiary/aromatic N) is 3. The van der Waals surface area contributed by atoms with Gasteiger partial charge >= 0.3 is 0 Å². The van der Waals surface area contributed by atoms with Crippen molar-refractivity contribution in [3.63, 3.8) is 0 Å². The minimum atomic E-state index is -0.560. The number of carbonyl (C=O) groups excluding carboxylic acids is 2. The van der Waals surface area contributed by atoms with Gasteiger partial charge in [0.25, 0.3) is 5.91 Å². The molecule has 2 aromatic heterocycles. The topological polar surface area (TPSA) is 99.2 Å². The lowest BCUT2D eigenvalue weighted by molar-refractivity contribution is -0.135. The molecular weight excluding hydrogens is 356 g/mol. The summed E-state index contributed by atoms with van der Waals surface area (Å²) in [5, 5.41) is 11.0. The molecule has 1 aliphatic heterocycles. The van der Waals surface area contributed by atoms with Crippen LogP contribution in [0, 0.1) is 5.92 Å². The molecule has 5 rings (SSSR count). The average Bonchev–Trinajstić information content (AvgIpc) is 3.26. The molecule has 1 fully saturated rings. The highest BCUT2D eigenvalue weighted by molar-refractivity contribution is 6.44. The van der Waals surface area contributed by atoms with E-state index >= 15 is 0 Å². The van der Waals surface area contributed by atoms with E-state index in [-0.39, 0.29) is 5.75 Å². The van der Waals surface area contributed by atoms with Gasteiger partial charge in [-0.05, 0) is 30.3 Å². The van der Waals surface area contributed by atoms with Crippen LogP contribution >= 0.6 is 0 Å². The maximum absolute atomic E-state index is 12.8. The van der Waals surface area contributed by atoms with Crippen molar-refractivity contribution < 1.29 is 14.7 Å². The normalized spacial score (nSPS) is 19.8. The number of imidazole rings is 1. The van der Waals surface area contributed by atoms with Crippen molar-refractivity contribution in [3.05, 3.63) is 60.6 Å². The summed E-state index contributed by atoms with van der Waals surface area (Å²) in [7, 11) is 0. The first kappa shape index (κ1) is 16.4. The molecule has 2 N–H and O–H groups in total. The molecule has 0 bridgehead atoms. The summed E-state index contributed by atoms with van der Waals surface area (Å²) in [6, 6.07) is 13.6. The third-order valence-electron chi connectivity index (χ3n) is 5.30. The summed E-state index contributed by atoms with van der Waals surface area (Å²) in [5.41, 5.74) is 3.16. The zero-order valence-electron chi connectivity index (χ0n) is 15.0. The number of phenolic OH excluding ortho intramolecular Hbond substituents is 1. The van der Waals surface area contributed by atoms with Gasteiger partial charge in [0.1, 0.15) is 11.3 Å². The molecule has 3 heterocycles. The van der Waals surface area contributed by atoms with Crippen molar-refractivity contribution in [2.24, 2.45) is 5.92 Å². The summed E-state index contributed by atoms with van der Waals surface area (Å²) in [6.45, 7) is 1.73. The van der Waals surface area contributed by atoms with Crippen molar-refractivity contribution in [1.29, 1.82) is 0 Å². The first-order valence-electron chi connectivity index (χ1n) is 8.94. The summed E-state index contributed by atoms with van der Waals surface area (Å²) < 4.78 is 0. The quantitative estimate of drug-likeness (QED) is 0.527. The van der Waals surface area contributed by atoms with Gasteiger partial charge in [0.05, 0.1) is 35.0 Å². The Hall–Kier alpha value is -3.74. The van der Waals surface area contributed by atoms with Crippen molar-refractivity contribution in [3.8, 4) is 5.75 Å². The van der Waals surface area contributed by atoms with Crippen LogP contribution in [0.2, 0.25) is 0 Å². The minimum absolute atomic E-state index is 0.0630. The molecule has 138 valence electrons. The second-order valence-electron chi connectivity index (χ2n) is 6.96. The fraction of sp³-hybridized carbons (Fsp3) is 0.143. The largest absolute Gasteiger partial charge is 0.506 e. The number of ketones is 1. The van der Waals surface area contributed by atoms with Crippen LogP contribution in [0.3, 0.4) is 0 Å². The molecule has 1 amide bonds. The number of nitrogens with one attached hydrogen (secondary N) is 1. The van der Waals surface area contributed by atoms with Crippen LogP contribution in [0.5, 0.6) is 5.75 Å². The molecule has 4 aromatic rings. The molecular formula is C21H16N4O3. The molecule has 2 aromatic carbocycles. The van der Waals surface area contributed by atoms with Gasteiger partial charge in [-0.2, -0.15) is 0 Å². The third-order valence-corrected chi connectivity index (χ3v) is 5.30. The first-order chi connectivity index (χ1) is 13.5. The van der Waals surface area contributed by atoms with Crippen LogP contribution in [0.1, 0.15) is 18.7 Å². The Kier molecular flexibility index (Phi) is 3.45. The Balaban J connectivity index is 1.68. The van der Waals surface area contributed by atoms with Gasteiger partial charge in [0, 0.05) is 11.1 Å². The summed E-state index contributed by atoms with van der Waals surface area (Å²) >= 11 is 0. The van der Waals surface area contributed by atoms with Gasteiger partial charge < -0.3 is 10.1 Å². The molecule has 1 aliphatic rings. The van der Waals surface area contributed by atoms with Crippen molar-refractivity contribution in [2.45, 2.75) is 13.0 Å². The predicted molar refractivity (Wildman–Crippen MR) is 104 cm³/mol. The Morgan fingerprint density at radius 3 is 2.82 bits per heavy atom. The van der Waals surface area contributed by atoms with E-state index in [0.717, 1.165) is 16.4 Å².